The molecular weight excluding hydrogens is 471 g/mol. The number of alkyl halides is 2. The number of para-hydroxylation sites is 1. The van der Waals surface area contributed by atoms with Crippen molar-refractivity contribution in [3.05, 3.63) is 66.1 Å². The Morgan fingerprint density at radius 3 is 2.25 bits per heavy atom. The van der Waals surface area contributed by atoms with Gasteiger partial charge in [-0.05, 0) is 70.5 Å². The summed E-state index contributed by atoms with van der Waals surface area (Å²) in [6.07, 6.45) is -3.52. The van der Waals surface area contributed by atoms with Crippen LogP contribution in [0.1, 0.15) is 52.8 Å². The molecule has 2 N–H and O–H groups in total. The van der Waals surface area contributed by atoms with Crippen molar-refractivity contribution in [3.63, 3.8) is 0 Å². The Morgan fingerprint density at radius 1 is 1.06 bits per heavy atom. The van der Waals surface area contributed by atoms with Gasteiger partial charge in [-0.3, -0.25) is 4.79 Å². The lowest BCUT2D eigenvalue weighted by Gasteiger charge is -2.26. The highest BCUT2D eigenvalue weighted by Crippen LogP contribution is 2.38. The Hall–Kier alpha value is -3.10. The van der Waals surface area contributed by atoms with Crippen LogP contribution in [0, 0.1) is 5.82 Å². The summed E-state index contributed by atoms with van der Waals surface area (Å²) in [4.78, 5) is 11.9. The van der Waals surface area contributed by atoms with Gasteiger partial charge in [0.25, 0.3) is 0 Å². The molecule has 1 heterocycles. The minimum Gasteiger partial charge on any atom is -0.460 e. The summed E-state index contributed by atoms with van der Waals surface area (Å²) in [5.74, 6) is -5.42. The molecule has 194 valence electrons. The number of aliphatic hydroxyl groups is 2. The Bertz CT molecular complexity index is 1240. The van der Waals surface area contributed by atoms with Crippen LogP contribution in [0.15, 0.2) is 54.6 Å². The maximum Gasteiger partial charge on any atom is 0.309 e. The molecule has 0 aliphatic rings. The van der Waals surface area contributed by atoms with Crippen LogP contribution in [-0.2, 0) is 9.53 Å². The molecule has 0 aliphatic carbocycles. The summed E-state index contributed by atoms with van der Waals surface area (Å²) >= 11 is 0. The monoisotopic (exact) mass is 503 g/mol. The molecule has 36 heavy (non-hydrogen) atoms. The van der Waals surface area contributed by atoms with Gasteiger partial charge in [-0.25, -0.2) is 13.2 Å². The van der Waals surface area contributed by atoms with E-state index in [0.29, 0.717) is 16.8 Å². The van der Waals surface area contributed by atoms with Crippen LogP contribution in [0.3, 0.4) is 0 Å². The van der Waals surface area contributed by atoms with Crippen molar-refractivity contribution in [1.29, 1.82) is 0 Å². The normalized spacial score (nSPS) is 14.5. The Kier molecular flexibility index (Phi) is 8.00. The third kappa shape index (κ3) is 5.99. The fraction of sp³-hybridized carbons (Fsp3) is 0.393. The van der Waals surface area contributed by atoms with E-state index in [0.717, 1.165) is 17.0 Å². The number of fused-ring (bicyclic) bond motifs is 1. The zero-order chi connectivity index (χ0) is 26.8. The maximum absolute atomic E-state index is 14.8. The minimum atomic E-state index is -4.02. The van der Waals surface area contributed by atoms with Crippen LogP contribution in [0.4, 0.5) is 13.2 Å². The van der Waals surface area contributed by atoms with E-state index in [1.54, 1.807) is 32.9 Å². The van der Waals surface area contributed by atoms with Crippen molar-refractivity contribution in [2.75, 3.05) is 0 Å². The number of halogens is 3. The van der Waals surface area contributed by atoms with Crippen LogP contribution in [0.2, 0.25) is 0 Å². The number of aromatic nitrogens is 1. The smallest absolute Gasteiger partial charge is 0.309 e. The second kappa shape index (κ2) is 10.5. The van der Waals surface area contributed by atoms with E-state index in [4.69, 9.17) is 4.74 Å². The number of nitrogens with zero attached hydrogens (tertiary/aromatic N) is 1. The van der Waals surface area contributed by atoms with Crippen molar-refractivity contribution in [2.45, 2.75) is 70.8 Å². The molecule has 1 aromatic heterocycles. The van der Waals surface area contributed by atoms with Crippen molar-refractivity contribution in [1.82, 2.24) is 4.57 Å². The van der Waals surface area contributed by atoms with Gasteiger partial charge in [0.05, 0.1) is 6.42 Å². The lowest BCUT2D eigenvalue weighted by atomic mass is 9.99. The van der Waals surface area contributed by atoms with E-state index in [1.807, 2.05) is 42.7 Å². The molecule has 2 aromatic carbocycles. The Labute approximate surface area is 208 Å². The van der Waals surface area contributed by atoms with E-state index < -0.39 is 41.9 Å². The van der Waals surface area contributed by atoms with Crippen molar-refractivity contribution < 1.29 is 32.9 Å². The number of benzene rings is 2. The molecule has 2 atom stereocenters. The summed E-state index contributed by atoms with van der Waals surface area (Å²) < 4.78 is 50.2. The predicted molar refractivity (Wildman–Crippen MR) is 134 cm³/mol. The highest BCUT2D eigenvalue weighted by atomic mass is 19.3. The highest BCUT2D eigenvalue weighted by Gasteiger charge is 2.46. The van der Waals surface area contributed by atoms with Crippen molar-refractivity contribution in [3.8, 4) is 11.1 Å². The Balaban J connectivity index is 2.01. The first-order valence-corrected chi connectivity index (χ1v) is 11.7. The molecule has 5 nitrogen and oxygen atoms in total. The molecule has 8 heteroatoms. The summed E-state index contributed by atoms with van der Waals surface area (Å²) in [6.45, 7) is 8.63. The van der Waals surface area contributed by atoms with Gasteiger partial charge >= 0.3 is 11.9 Å². The van der Waals surface area contributed by atoms with Crippen LogP contribution >= 0.6 is 0 Å². The predicted octanol–water partition coefficient (Wildman–Crippen LogP) is 6.13. The molecule has 0 aliphatic heterocycles. The summed E-state index contributed by atoms with van der Waals surface area (Å²) in [5.41, 5.74) is 1.86. The van der Waals surface area contributed by atoms with Gasteiger partial charge in [0.1, 0.15) is 23.6 Å². The standard InChI is InChI=1S/C28H32F3NO4/c1-17(2)32-21-9-7-6-8-20(21)26(18-10-12-19(29)13-11-18)22(32)14-15-23(33)28(30,31)24(34)16-25(35)36-27(3,4)5/h6-15,17,23-24,33-34H,16H2,1-5H3/b15-14+. The first-order valence-electron chi connectivity index (χ1n) is 11.7. The highest BCUT2D eigenvalue weighted by molar-refractivity contribution is 6.01. The van der Waals surface area contributed by atoms with Gasteiger partial charge in [0, 0.05) is 28.2 Å². The SMILES string of the molecule is CC(C)n1c(/C=C/C(O)C(F)(F)C(O)CC(=O)OC(C)(C)C)c(-c2ccc(F)cc2)c2ccccc21. The minimum absolute atomic E-state index is 0.0702. The topological polar surface area (TPSA) is 71.7 Å². The molecule has 3 rings (SSSR count). The molecule has 0 amide bonds. The summed E-state index contributed by atoms with van der Waals surface area (Å²) in [6, 6.07) is 13.3. The molecule has 0 radical (unpaired) electrons. The summed E-state index contributed by atoms with van der Waals surface area (Å²) in [5, 5.41) is 21.2. The number of rotatable bonds is 8. The van der Waals surface area contributed by atoms with Gasteiger partial charge in [0.2, 0.25) is 0 Å². The zero-order valence-electron chi connectivity index (χ0n) is 21.0. The van der Waals surface area contributed by atoms with E-state index in [9.17, 15) is 28.2 Å². The van der Waals surface area contributed by atoms with Crippen molar-refractivity contribution >= 4 is 22.9 Å². The number of esters is 1. The zero-order valence-corrected chi connectivity index (χ0v) is 21.0. The van der Waals surface area contributed by atoms with Crippen LogP contribution in [0.5, 0.6) is 0 Å². The molecule has 3 aromatic rings. The molecule has 0 spiro atoms. The van der Waals surface area contributed by atoms with Gasteiger partial charge in [-0.1, -0.05) is 30.3 Å². The van der Waals surface area contributed by atoms with Crippen LogP contribution in [-0.4, -0.2) is 44.5 Å². The quantitative estimate of drug-likeness (QED) is 0.363. The number of hydrogen-bond donors (Lipinski definition) is 2. The maximum atomic E-state index is 14.8. The molecule has 2 unspecified atom stereocenters. The largest absolute Gasteiger partial charge is 0.460 e. The lowest BCUT2D eigenvalue weighted by Crippen LogP contribution is -2.45. The van der Waals surface area contributed by atoms with E-state index in [-0.39, 0.29) is 6.04 Å². The first-order chi connectivity index (χ1) is 16.7. The third-order valence-corrected chi connectivity index (χ3v) is 5.65. The van der Waals surface area contributed by atoms with Gasteiger partial charge < -0.3 is 19.5 Å². The number of hydrogen-bond acceptors (Lipinski definition) is 4. The second-order valence-corrected chi connectivity index (χ2v) is 10.0. The van der Waals surface area contributed by atoms with Crippen LogP contribution < -0.4 is 0 Å². The first kappa shape index (κ1) is 27.5. The summed E-state index contributed by atoms with van der Waals surface area (Å²) in [7, 11) is 0. The van der Waals surface area contributed by atoms with E-state index in [1.165, 1.54) is 18.2 Å². The number of aliphatic hydroxyl groups excluding tert-OH is 2. The fourth-order valence-electron chi connectivity index (χ4n) is 4.11. The molecule has 0 saturated carbocycles. The van der Waals surface area contributed by atoms with Crippen LogP contribution in [0.25, 0.3) is 28.1 Å². The average molecular weight is 504 g/mol. The van der Waals surface area contributed by atoms with E-state index in [2.05, 4.69) is 0 Å². The fourth-order valence-corrected chi connectivity index (χ4v) is 4.11. The lowest BCUT2D eigenvalue weighted by molar-refractivity contribution is -0.180. The molecular formula is C28H32F3NO4. The number of carbonyl (C=O) groups excluding carboxylic acids is 1. The average Bonchev–Trinajstić information content (AvgIpc) is 3.10. The molecule has 0 saturated heterocycles. The number of carbonyl (C=O) groups is 1. The van der Waals surface area contributed by atoms with Crippen molar-refractivity contribution in [2.24, 2.45) is 0 Å². The number of ether oxygens (including phenoxy) is 1. The van der Waals surface area contributed by atoms with Gasteiger partial charge in [-0.15, -0.1) is 0 Å². The third-order valence-electron chi connectivity index (χ3n) is 5.65. The molecule has 0 fully saturated rings. The Morgan fingerprint density at radius 2 is 1.67 bits per heavy atom. The van der Waals surface area contributed by atoms with Gasteiger partial charge in [0.15, 0.2) is 0 Å². The van der Waals surface area contributed by atoms with E-state index >= 15 is 0 Å². The second-order valence-electron chi connectivity index (χ2n) is 10.0. The molecule has 0 bridgehead atoms. The van der Waals surface area contributed by atoms with Gasteiger partial charge in [-0.2, -0.15) is 0 Å².